The highest BCUT2D eigenvalue weighted by Gasteiger charge is 2.12. The molecule has 0 saturated carbocycles. The number of methoxy groups -OCH3 is 1. The van der Waals surface area contributed by atoms with Crippen molar-refractivity contribution in [3.63, 3.8) is 0 Å². The number of amides is 1. The molecule has 0 aliphatic rings. The zero-order chi connectivity index (χ0) is 17.4. The molecular weight excluding hydrogens is 330 g/mol. The number of benzene rings is 2. The summed E-state index contributed by atoms with van der Waals surface area (Å²) in [6.45, 7) is 0.450. The van der Waals surface area contributed by atoms with Crippen LogP contribution in [0.4, 0.5) is 5.69 Å². The summed E-state index contributed by atoms with van der Waals surface area (Å²) in [5.41, 5.74) is 0.707. The monoisotopic (exact) mass is 347 g/mol. The number of rotatable bonds is 7. The largest absolute Gasteiger partial charge is 0.494 e. The molecule has 0 heterocycles. The molecule has 0 aromatic heterocycles. The Kier molecular flexibility index (Phi) is 6.63. The number of ether oxygens (including phenoxy) is 2. The van der Waals surface area contributed by atoms with Crippen LogP contribution in [0.15, 0.2) is 48.5 Å². The number of carbonyl (C=O) groups excluding carboxylic acids is 2. The number of anilines is 1. The Morgan fingerprint density at radius 1 is 1.12 bits per heavy atom. The maximum atomic E-state index is 11.9. The predicted molar refractivity (Wildman–Crippen MR) is 92.6 cm³/mol. The van der Waals surface area contributed by atoms with Crippen LogP contribution in [0, 0.1) is 0 Å². The van der Waals surface area contributed by atoms with Crippen LogP contribution in [0.5, 0.6) is 5.75 Å². The molecule has 0 radical (unpaired) electrons. The van der Waals surface area contributed by atoms with E-state index in [0.717, 1.165) is 5.75 Å². The quantitative estimate of drug-likeness (QED) is 0.609. The van der Waals surface area contributed by atoms with E-state index in [0.29, 0.717) is 25.1 Å². The Hall–Kier alpha value is -2.53. The van der Waals surface area contributed by atoms with E-state index in [1.807, 2.05) is 30.3 Å². The van der Waals surface area contributed by atoms with Gasteiger partial charge in [-0.25, -0.2) is 4.79 Å². The summed E-state index contributed by atoms with van der Waals surface area (Å²) in [5.74, 6) is 0.0653. The summed E-state index contributed by atoms with van der Waals surface area (Å²) in [5, 5.41) is 3.00. The van der Waals surface area contributed by atoms with E-state index < -0.39 is 5.97 Å². The van der Waals surface area contributed by atoms with Crippen LogP contribution in [0.2, 0.25) is 5.02 Å². The Labute approximate surface area is 145 Å². The lowest BCUT2D eigenvalue weighted by atomic mass is 10.2. The lowest BCUT2D eigenvalue weighted by molar-refractivity contribution is -0.116. The normalized spacial score (nSPS) is 10.1. The molecule has 0 fully saturated rings. The van der Waals surface area contributed by atoms with E-state index >= 15 is 0 Å². The average molecular weight is 348 g/mol. The van der Waals surface area contributed by atoms with Crippen molar-refractivity contribution in [1.29, 1.82) is 0 Å². The molecule has 0 aliphatic heterocycles. The van der Waals surface area contributed by atoms with Gasteiger partial charge in [0.15, 0.2) is 0 Å². The highest BCUT2D eigenvalue weighted by molar-refractivity contribution is 6.33. The molecule has 0 bridgehead atoms. The van der Waals surface area contributed by atoms with Gasteiger partial charge in [-0.2, -0.15) is 0 Å². The molecule has 1 amide bonds. The van der Waals surface area contributed by atoms with Crippen molar-refractivity contribution in [1.82, 2.24) is 0 Å². The minimum atomic E-state index is -0.549. The molecule has 1 N–H and O–H groups in total. The summed E-state index contributed by atoms with van der Waals surface area (Å²) >= 11 is 5.94. The maximum absolute atomic E-state index is 11.9. The second-order valence-corrected chi connectivity index (χ2v) is 5.41. The van der Waals surface area contributed by atoms with E-state index in [2.05, 4.69) is 10.1 Å². The minimum absolute atomic E-state index is 0.162. The number of carbonyl (C=O) groups is 2. The van der Waals surface area contributed by atoms with Gasteiger partial charge in [0.1, 0.15) is 5.75 Å². The number of halogens is 1. The van der Waals surface area contributed by atoms with Gasteiger partial charge in [0.25, 0.3) is 0 Å². The zero-order valence-corrected chi connectivity index (χ0v) is 14.0. The molecular formula is C18H18ClNO4. The third kappa shape index (κ3) is 5.28. The van der Waals surface area contributed by atoms with Crippen LogP contribution in [-0.2, 0) is 9.53 Å². The van der Waals surface area contributed by atoms with Gasteiger partial charge in [0, 0.05) is 12.1 Å². The SMILES string of the molecule is COC(=O)c1cc(NC(=O)CCCOc2ccccc2)ccc1Cl. The van der Waals surface area contributed by atoms with E-state index in [1.54, 1.807) is 12.1 Å². The zero-order valence-electron chi connectivity index (χ0n) is 13.3. The van der Waals surface area contributed by atoms with Crippen molar-refractivity contribution in [3.8, 4) is 5.75 Å². The summed E-state index contributed by atoms with van der Waals surface area (Å²) in [4.78, 5) is 23.5. The van der Waals surface area contributed by atoms with E-state index in [1.165, 1.54) is 13.2 Å². The van der Waals surface area contributed by atoms with E-state index in [-0.39, 0.29) is 16.5 Å². The number of esters is 1. The Bertz CT molecular complexity index is 703. The maximum Gasteiger partial charge on any atom is 0.339 e. The van der Waals surface area contributed by atoms with Gasteiger partial charge in [-0.15, -0.1) is 0 Å². The molecule has 6 heteroatoms. The van der Waals surface area contributed by atoms with E-state index in [9.17, 15) is 9.59 Å². The first-order chi connectivity index (χ1) is 11.6. The Balaban J connectivity index is 1.81. The molecule has 2 aromatic rings. The third-order valence-corrected chi connectivity index (χ3v) is 3.55. The predicted octanol–water partition coefficient (Wildman–Crippen LogP) is 3.92. The van der Waals surface area contributed by atoms with Crippen LogP contribution >= 0.6 is 11.6 Å². The smallest absolute Gasteiger partial charge is 0.339 e. The van der Waals surface area contributed by atoms with Crippen LogP contribution in [0.3, 0.4) is 0 Å². The highest BCUT2D eigenvalue weighted by atomic mass is 35.5. The summed E-state index contributed by atoms with van der Waals surface area (Å²) in [6, 6.07) is 14.1. The van der Waals surface area contributed by atoms with Gasteiger partial charge in [-0.1, -0.05) is 29.8 Å². The number of hydrogen-bond acceptors (Lipinski definition) is 4. The van der Waals surface area contributed by atoms with Gasteiger partial charge in [-0.3, -0.25) is 4.79 Å². The fraction of sp³-hybridized carbons (Fsp3) is 0.222. The Morgan fingerprint density at radius 2 is 1.88 bits per heavy atom. The molecule has 0 atom stereocenters. The average Bonchev–Trinajstić information content (AvgIpc) is 2.60. The first-order valence-corrected chi connectivity index (χ1v) is 7.83. The minimum Gasteiger partial charge on any atom is -0.494 e. The highest BCUT2D eigenvalue weighted by Crippen LogP contribution is 2.21. The second-order valence-electron chi connectivity index (χ2n) is 5.00. The van der Waals surface area contributed by atoms with Gasteiger partial charge in [0.2, 0.25) is 5.91 Å². The topological polar surface area (TPSA) is 64.6 Å². The molecule has 0 aliphatic carbocycles. The van der Waals surface area contributed by atoms with Gasteiger partial charge < -0.3 is 14.8 Å². The van der Waals surface area contributed by atoms with Gasteiger partial charge in [-0.05, 0) is 36.8 Å². The molecule has 5 nitrogen and oxygen atoms in total. The molecule has 0 spiro atoms. The van der Waals surface area contributed by atoms with Crippen LogP contribution < -0.4 is 10.1 Å². The van der Waals surface area contributed by atoms with Gasteiger partial charge >= 0.3 is 5.97 Å². The summed E-state index contributed by atoms with van der Waals surface area (Å²) in [7, 11) is 1.27. The van der Waals surface area contributed by atoms with Gasteiger partial charge in [0.05, 0.1) is 24.3 Å². The summed E-state index contributed by atoms with van der Waals surface area (Å²) < 4.78 is 10.2. The number of para-hydroxylation sites is 1. The third-order valence-electron chi connectivity index (χ3n) is 3.22. The fourth-order valence-electron chi connectivity index (χ4n) is 2.03. The molecule has 126 valence electrons. The lowest BCUT2D eigenvalue weighted by Crippen LogP contribution is -2.13. The molecule has 2 aromatic carbocycles. The van der Waals surface area contributed by atoms with Crippen molar-refractivity contribution < 1.29 is 19.1 Å². The van der Waals surface area contributed by atoms with Crippen molar-refractivity contribution in [2.75, 3.05) is 19.0 Å². The Morgan fingerprint density at radius 3 is 2.58 bits per heavy atom. The molecule has 0 unspecified atom stereocenters. The summed E-state index contributed by atoms with van der Waals surface area (Å²) in [6.07, 6.45) is 0.890. The van der Waals surface area contributed by atoms with Crippen molar-refractivity contribution in [3.05, 3.63) is 59.1 Å². The lowest BCUT2D eigenvalue weighted by Gasteiger charge is -2.09. The standard InChI is InChI=1S/C18H18ClNO4/c1-23-18(22)15-12-13(9-10-16(15)19)20-17(21)8-5-11-24-14-6-3-2-4-7-14/h2-4,6-7,9-10,12H,5,8,11H2,1H3,(H,20,21). The van der Waals surface area contributed by atoms with Crippen LogP contribution in [-0.4, -0.2) is 25.6 Å². The molecule has 24 heavy (non-hydrogen) atoms. The second kappa shape index (κ2) is 8.93. The van der Waals surface area contributed by atoms with Crippen molar-refractivity contribution in [2.24, 2.45) is 0 Å². The fourth-order valence-corrected chi connectivity index (χ4v) is 2.23. The van der Waals surface area contributed by atoms with E-state index in [4.69, 9.17) is 16.3 Å². The first-order valence-electron chi connectivity index (χ1n) is 7.45. The van der Waals surface area contributed by atoms with Crippen LogP contribution in [0.1, 0.15) is 23.2 Å². The number of nitrogens with one attached hydrogen (secondary N) is 1. The van der Waals surface area contributed by atoms with Crippen molar-refractivity contribution in [2.45, 2.75) is 12.8 Å². The number of hydrogen-bond donors (Lipinski definition) is 1. The molecule has 2 rings (SSSR count). The molecule has 0 saturated heterocycles. The first kappa shape index (κ1) is 17.8. The van der Waals surface area contributed by atoms with Crippen LogP contribution in [0.25, 0.3) is 0 Å². The van der Waals surface area contributed by atoms with Crippen molar-refractivity contribution >= 4 is 29.2 Å².